The summed E-state index contributed by atoms with van der Waals surface area (Å²) in [4.78, 5) is 0. The Morgan fingerprint density at radius 1 is 1.05 bits per heavy atom. The van der Waals surface area contributed by atoms with Crippen LogP contribution in [0.15, 0.2) is 42.5 Å². The minimum atomic E-state index is -0.315. The zero-order chi connectivity index (χ0) is 15.4. The quantitative estimate of drug-likeness (QED) is 0.875. The molecular formula is C18H22FNO. The summed E-state index contributed by atoms with van der Waals surface area (Å²) in [6, 6.07) is 12.6. The van der Waals surface area contributed by atoms with Crippen molar-refractivity contribution < 1.29 is 9.13 Å². The van der Waals surface area contributed by atoms with Crippen molar-refractivity contribution in [2.24, 2.45) is 5.73 Å². The summed E-state index contributed by atoms with van der Waals surface area (Å²) in [6.45, 7) is 6.58. The maximum absolute atomic E-state index is 13.4. The molecule has 112 valence electrons. The van der Waals surface area contributed by atoms with Gasteiger partial charge in [0.2, 0.25) is 0 Å². The Morgan fingerprint density at radius 3 is 2.29 bits per heavy atom. The third kappa shape index (κ3) is 4.05. The summed E-state index contributed by atoms with van der Waals surface area (Å²) in [5.41, 5.74) is 9.05. The highest BCUT2D eigenvalue weighted by Crippen LogP contribution is 2.26. The van der Waals surface area contributed by atoms with Crippen LogP contribution in [-0.4, -0.2) is 0 Å². The van der Waals surface area contributed by atoms with Gasteiger partial charge in [0.1, 0.15) is 18.2 Å². The van der Waals surface area contributed by atoms with E-state index in [1.54, 1.807) is 6.07 Å². The summed E-state index contributed by atoms with van der Waals surface area (Å²) in [7, 11) is 0. The van der Waals surface area contributed by atoms with Crippen molar-refractivity contribution in [3.05, 3.63) is 65.0 Å². The monoisotopic (exact) mass is 287 g/mol. The molecule has 0 aromatic heterocycles. The van der Waals surface area contributed by atoms with Crippen molar-refractivity contribution >= 4 is 0 Å². The molecule has 2 N–H and O–H groups in total. The van der Waals surface area contributed by atoms with Crippen molar-refractivity contribution in [1.82, 2.24) is 0 Å². The second-order valence-electron chi connectivity index (χ2n) is 5.66. The summed E-state index contributed by atoms with van der Waals surface area (Å²) in [5.74, 6) is 0.704. The number of rotatable bonds is 5. The Morgan fingerprint density at radius 2 is 1.71 bits per heavy atom. The number of benzene rings is 2. The van der Waals surface area contributed by atoms with E-state index in [-0.39, 0.29) is 11.9 Å². The van der Waals surface area contributed by atoms with Crippen LogP contribution >= 0.6 is 0 Å². The minimum Gasteiger partial charge on any atom is -0.488 e. The van der Waals surface area contributed by atoms with E-state index in [0.717, 1.165) is 11.1 Å². The molecule has 0 aliphatic carbocycles. The lowest BCUT2D eigenvalue weighted by Crippen LogP contribution is -2.08. The summed E-state index contributed by atoms with van der Waals surface area (Å²) >= 11 is 0. The molecule has 0 radical (unpaired) electrons. The van der Waals surface area contributed by atoms with Gasteiger partial charge in [-0.3, -0.25) is 0 Å². The van der Waals surface area contributed by atoms with Gasteiger partial charge in [0.25, 0.3) is 0 Å². The van der Waals surface area contributed by atoms with Gasteiger partial charge in [0.15, 0.2) is 0 Å². The van der Waals surface area contributed by atoms with Crippen molar-refractivity contribution in [3.63, 3.8) is 0 Å². The SMILES string of the molecule is CC(C)c1ccc(COc2cc(F)ccc2C(C)N)cc1. The molecular weight excluding hydrogens is 265 g/mol. The average Bonchev–Trinajstić information content (AvgIpc) is 2.45. The second-order valence-corrected chi connectivity index (χ2v) is 5.66. The van der Waals surface area contributed by atoms with E-state index in [1.807, 2.05) is 19.1 Å². The fraction of sp³-hybridized carbons (Fsp3) is 0.333. The van der Waals surface area contributed by atoms with Gasteiger partial charge in [0.05, 0.1) is 0 Å². The summed E-state index contributed by atoms with van der Waals surface area (Å²) < 4.78 is 19.1. The first-order valence-corrected chi connectivity index (χ1v) is 7.24. The van der Waals surface area contributed by atoms with E-state index in [1.165, 1.54) is 17.7 Å². The molecule has 2 aromatic carbocycles. The van der Waals surface area contributed by atoms with Gasteiger partial charge in [-0.25, -0.2) is 4.39 Å². The topological polar surface area (TPSA) is 35.2 Å². The third-order valence-electron chi connectivity index (χ3n) is 3.51. The van der Waals surface area contributed by atoms with Crippen LogP contribution in [0.2, 0.25) is 0 Å². The Bertz CT molecular complexity index is 591. The van der Waals surface area contributed by atoms with Gasteiger partial charge in [-0.05, 0) is 30.0 Å². The van der Waals surface area contributed by atoms with Gasteiger partial charge in [0, 0.05) is 17.7 Å². The van der Waals surface area contributed by atoms with Gasteiger partial charge in [-0.15, -0.1) is 0 Å². The van der Waals surface area contributed by atoms with E-state index in [4.69, 9.17) is 10.5 Å². The number of nitrogens with two attached hydrogens (primary N) is 1. The molecule has 2 nitrogen and oxygen atoms in total. The normalized spacial score (nSPS) is 12.5. The lowest BCUT2D eigenvalue weighted by molar-refractivity contribution is 0.300. The smallest absolute Gasteiger partial charge is 0.127 e. The molecule has 1 unspecified atom stereocenters. The highest BCUT2D eigenvalue weighted by molar-refractivity contribution is 5.36. The Hall–Kier alpha value is -1.87. The molecule has 0 bridgehead atoms. The fourth-order valence-corrected chi connectivity index (χ4v) is 2.17. The summed E-state index contributed by atoms with van der Waals surface area (Å²) in [6.07, 6.45) is 0. The molecule has 0 heterocycles. The molecule has 0 aliphatic heterocycles. The van der Waals surface area contributed by atoms with Crippen LogP contribution in [0, 0.1) is 5.82 Å². The average molecular weight is 287 g/mol. The maximum Gasteiger partial charge on any atom is 0.127 e. The minimum absolute atomic E-state index is 0.191. The molecule has 2 aromatic rings. The van der Waals surface area contributed by atoms with E-state index in [0.29, 0.717) is 18.3 Å². The van der Waals surface area contributed by atoms with E-state index >= 15 is 0 Å². The predicted octanol–water partition coefficient (Wildman–Crippen LogP) is 4.55. The number of hydrogen-bond donors (Lipinski definition) is 1. The van der Waals surface area contributed by atoms with Crippen molar-refractivity contribution in [2.45, 2.75) is 39.3 Å². The summed E-state index contributed by atoms with van der Waals surface area (Å²) in [5, 5.41) is 0. The third-order valence-corrected chi connectivity index (χ3v) is 3.51. The molecule has 21 heavy (non-hydrogen) atoms. The van der Waals surface area contributed by atoms with Crippen LogP contribution < -0.4 is 10.5 Å². The van der Waals surface area contributed by atoms with Gasteiger partial charge < -0.3 is 10.5 Å². The molecule has 0 saturated heterocycles. The first-order valence-electron chi connectivity index (χ1n) is 7.24. The largest absolute Gasteiger partial charge is 0.488 e. The Kier molecular flexibility index (Phi) is 4.97. The van der Waals surface area contributed by atoms with Gasteiger partial charge >= 0.3 is 0 Å². The number of halogens is 1. The molecule has 0 amide bonds. The first-order chi connectivity index (χ1) is 9.97. The van der Waals surface area contributed by atoms with Crippen molar-refractivity contribution in [3.8, 4) is 5.75 Å². The second kappa shape index (κ2) is 6.72. The van der Waals surface area contributed by atoms with Crippen LogP contribution in [0.3, 0.4) is 0 Å². The standard InChI is InChI=1S/C18H22FNO/c1-12(2)15-6-4-14(5-7-15)11-21-18-10-16(19)8-9-17(18)13(3)20/h4-10,12-13H,11,20H2,1-3H3. The molecule has 3 heteroatoms. The molecule has 0 saturated carbocycles. The lowest BCUT2D eigenvalue weighted by Gasteiger charge is -2.14. The zero-order valence-corrected chi connectivity index (χ0v) is 12.8. The fourth-order valence-electron chi connectivity index (χ4n) is 2.17. The zero-order valence-electron chi connectivity index (χ0n) is 12.8. The van der Waals surface area contributed by atoms with E-state index < -0.39 is 0 Å². The van der Waals surface area contributed by atoms with E-state index in [2.05, 4.69) is 26.0 Å². The molecule has 0 fully saturated rings. The highest BCUT2D eigenvalue weighted by Gasteiger charge is 2.10. The van der Waals surface area contributed by atoms with Crippen LogP contribution in [0.5, 0.6) is 5.75 Å². The predicted molar refractivity (Wildman–Crippen MR) is 83.9 cm³/mol. The van der Waals surface area contributed by atoms with Crippen molar-refractivity contribution in [2.75, 3.05) is 0 Å². The molecule has 1 atom stereocenters. The number of ether oxygens (including phenoxy) is 1. The van der Waals surface area contributed by atoms with Gasteiger partial charge in [-0.2, -0.15) is 0 Å². The van der Waals surface area contributed by atoms with Crippen molar-refractivity contribution in [1.29, 1.82) is 0 Å². The highest BCUT2D eigenvalue weighted by atomic mass is 19.1. The van der Waals surface area contributed by atoms with Gasteiger partial charge in [-0.1, -0.05) is 44.2 Å². The van der Waals surface area contributed by atoms with Crippen LogP contribution in [-0.2, 0) is 6.61 Å². The molecule has 0 aliphatic rings. The molecule has 2 rings (SSSR count). The molecule has 0 spiro atoms. The maximum atomic E-state index is 13.4. The van der Waals surface area contributed by atoms with E-state index in [9.17, 15) is 4.39 Å². The van der Waals surface area contributed by atoms with Crippen LogP contribution in [0.4, 0.5) is 4.39 Å². The number of hydrogen-bond acceptors (Lipinski definition) is 2. The first kappa shape index (κ1) is 15.5. The van der Waals surface area contributed by atoms with Crippen LogP contribution in [0.1, 0.15) is 49.4 Å². The lowest BCUT2D eigenvalue weighted by atomic mass is 10.0. The Balaban J connectivity index is 2.10. The van der Waals surface area contributed by atoms with Crippen LogP contribution in [0.25, 0.3) is 0 Å². The Labute approximate surface area is 125 Å².